The van der Waals surface area contributed by atoms with Gasteiger partial charge in [0.15, 0.2) is 0 Å². The van der Waals surface area contributed by atoms with E-state index >= 15 is 0 Å². The average molecular weight is 652 g/mol. The number of carboxylic acids is 1. The number of benzene rings is 2. The third-order valence-corrected chi connectivity index (χ3v) is 9.17. The van der Waals surface area contributed by atoms with Crippen molar-refractivity contribution in [3.8, 4) is 22.8 Å². The van der Waals surface area contributed by atoms with Crippen LogP contribution in [0.5, 0.6) is 0 Å². The van der Waals surface area contributed by atoms with Gasteiger partial charge in [0.2, 0.25) is 5.82 Å². The second kappa shape index (κ2) is 16.4. The summed E-state index contributed by atoms with van der Waals surface area (Å²) in [6.07, 6.45) is 8.00. The fourth-order valence-corrected chi connectivity index (χ4v) is 6.55. The summed E-state index contributed by atoms with van der Waals surface area (Å²) in [5, 5.41) is 15.0. The second-order valence-corrected chi connectivity index (χ2v) is 15.2. The third-order valence-electron chi connectivity index (χ3n) is 8.82. The van der Waals surface area contributed by atoms with Crippen LogP contribution in [0, 0.1) is 11.3 Å². The van der Waals surface area contributed by atoms with Crippen LogP contribution >= 0.6 is 11.6 Å². The van der Waals surface area contributed by atoms with Crippen LogP contribution in [0.15, 0.2) is 47.0 Å². The standard InChI is InChI=1S/C33H43ClN4O3.C4H11N/c1-24(2)21-27-11-12-28(22-29(27)34)31-35-30(36-41-31)26-9-7-25(8-10-26)23-38-19-14-33(15-20-38,32(39)40)13-6-18-37-16-4-3-5-17-37;1-4(2,3)5/h7-12,22,24H,3-6,13-21,23H2,1-2H3,(H,39,40);5H2,1-3H3. The fraction of sp³-hybridized carbons (Fsp3) is 0.595. The van der Waals surface area contributed by atoms with Gasteiger partial charge in [-0.25, -0.2) is 0 Å². The molecule has 2 saturated heterocycles. The lowest BCUT2D eigenvalue weighted by molar-refractivity contribution is -0.153. The Balaban J connectivity index is 0.000000892. The zero-order valence-corrected chi connectivity index (χ0v) is 29.3. The molecule has 9 heteroatoms. The van der Waals surface area contributed by atoms with Crippen LogP contribution in [0.4, 0.5) is 0 Å². The highest BCUT2D eigenvalue weighted by atomic mass is 35.5. The highest BCUT2D eigenvalue weighted by Gasteiger charge is 2.41. The minimum absolute atomic E-state index is 0. The molecule has 0 saturated carbocycles. The SMILES string of the molecule is CC(C)(C)N.CC(C)Cc1ccc(-c2nc(-c3ccc(CN4CCC(CCCN5CCCCC5)(C(=O)O)CC4)cc3)no2)cc1Cl. The van der Waals surface area contributed by atoms with E-state index in [4.69, 9.17) is 21.9 Å². The topological polar surface area (TPSA) is 109 Å². The van der Waals surface area contributed by atoms with Crippen LogP contribution in [0.2, 0.25) is 5.02 Å². The van der Waals surface area contributed by atoms with Gasteiger partial charge in [-0.3, -0.25) is 9.69 Å². The van der Waals surface area contributed by atoms with E-state index in [2.05, 4.69) is 45.9 Å². The zero-order valence-electron chi connectivity index (χ0n) is 28.5. The van der Waals surface area contributed by atoms with Crippen molar-refractivity contribution in [2.75, 3.05) is 32.7 Å². The molecule has 2 aliphatic rings. The lowest BCUT2D eigenvalue weighted by atomic mass is 9.74. The fourth-order valence-electron chi connectivity index (χ4n) is 6.30. The number of hydrogen-bond acceptors (Lipinski definition) is 7. The van der Waals surface area contributed by atoms with E-state index in [0.717, 1.165) is 67.2 Å². The maximum absolute atomic E-state index is 12.3. The molecule has 0 unspecified atom stereocenters. The number of rotatable bonds is 11. The van der Waals surface area contributed by atoms with E-state index in [1.165, 1.54) is 37.9 Å². The molecule has 3 N–H and O–H groups in total. The molecule has 2 aromatic carbocycles. The van der Waals surface area contributed by atoms with Crippen molar-refractivity contribution < 1.29 is 14.4 Å². The number of hydrogen-bond donors (Lipinski definition) is 2. The number of nitrogens with zero attached hydrogens (tertiary/aromatic N) is 4. The molecule has 5 rings (SSSR count). The summed E-state index contributed by atoms with van der Waals surface area (Å²) >= 11 is 6.50. The Bertz CT molecular complexity index is 1380. The lowest BCUT2D eigenvalue weighted by Gasteiger charge is -2.39. The summed E-state index contributed by atoms with van der Waals surface area (Å²) in [5.41, 5.74) is 8.79. The summed E-state index contributed by atoms with van der Waals surface area (Å²) in [5.74, 6) is 0.910. The van der Waals surface area contributed by atoms with Crippen molar-refractivity contribution in [2.24, 2.45) is 17.1 Å². The zero-order chi connectivity index (χ0) is 33.3. The maximum Gasteiger partial charge on any atom is 0.309 e. The summed E-state index contributed by atoms with van der Waals surface area (Å²) in [6.45, 7) is 16.0. The summed E-state index contributed by atoms with van der Waals surface area (Å²) < 4.78 is 5.56. The van der Waals surface area contributed by atoms with E-state index in [1.54, 1.807) is 0 Å². The number of aromatic nitrogens is 2. The smallest absolute Gasteiger partial charge is 0.309 e. The molecule has 2 aliphatic heterocycles. The summed E-state index contributed by atoms with van der Waals surface area (Å²) in [6, 6.07) is 14.2. The molecule has 252 valence electrons. The first-order chi connectivity index (χ1) is 21.8. The van der Waals surface area contributed by atoms with Gasteiger partial charge >= 0.3 is 5.97 Å². The highest BCUT2D eigenvalue weighted by molar-refractivity contribution is 6.31. The van der Waals surface area contributed by atoms with Crippen LogP contribution in [0.1, 0.15) is 90.7 Å². The summed E-state index contributed by atoms with van der Waals surface area (Å²) in [7, 11) is 0. The Hall–Kier alpha value is -2.78. The molecule has 0 bridgehead atoms. The number of aliphatic carboxylic acids is 1. The molecular formula is C37H54ClN5O3. The van der Waals surface area contributed by atoms with Crippen LogP contribution < -0.4 is 5.73 Å². The normalized spacial score (nSPS) is 17.5. The van der Waals surface area contributed by atoms with Gasteiger partial charge in [0.05, 0.1) is 5.41 Å². The number of likely N-dealkylation sites (tertiary alicyclic amines) is 2. The number of halogens is 1. The van der Waals surface area contributed by atoms with Gasteiger partial charge in [-0.05, 0) is 128 Å². The number of carboxylic acid groups (broad SMARTS) is 1. The first kappa shape index (κ1) is 36.1. The van der Waals surface area contributed by atoms with Gasteiger partial charge in [-0.1, -0.05) is 67.4 Å². The Kier molecular flexibility index (Phi) is 12.8. The number of nitrogens with two attached hydrogens (primary N) is 1. The quantitative estimate of drug-likeness (QED) is 0.215. The molecule has 0 spiro atoms. The van der Waals surface area contributed by atoms with Gasteiger partial charge in [-0.15, -0.1) is 0 Å². The van der Waals surface area contributed by atoms with Gasteiger partial charge in [0.1, 0.15) is 0 Å². The van der Waals surface area contributed by atoms with Gasteiger partial charge < -0.3 is 20.3 Å². The lowest BCUT2D eigenvalue weighted by Crippen LogP contribution is -2.44. The maximum atomic E-state index is 12.3. The first-order valence-electron chi connectivity index (χ1n) is 17.0. The average Bonchev–Trinajstić information content (AvgIpc) is 3.49. The van der Waals surface area contributed by atoms with E-state index in [0.29, 0.717) is 30.5 Å². The molecule has 0 amide bonds. The van der Waals surface area contributed by atoms with E-state index in [9.17, 15) is 9.90 Å². The number of piperidine rings is 2. The molecule has 2 fully saturated rings. The largest absolute Gasteiger partial charge is 0.481 e. The van der Waals surface area contributed by atoms with Crippen LogP contribution in [-0.2, 0) is 17.8 Å². The van der Waals surface area contributed by atoms with Crippen molar-refractivity contribution in [3.05, 3.63) is 58.6 Å². The predicted octanol–water partition coefficient (Wildman–Crippen LogP) is 7.93. The molecule has 46 heavy (non-hydrogen) atoms. The molecule has 0 atom stereocenters. The molecular weight excluding hydrogens is 598 g/mol. The minimum Gasteiger partial charge on any atom is -0.481 e. The highest BCUT2D eigenvalue weighted by Crippen LogP contribution is 2.37. The van der Waals surface area contributed by atoms with Crippen LogP contribution in [0.3, 0.4) is 0 Å². The summed E-state index contributed by atoms with van der Waals surface area (Å²) in [4.78, 5) is 21.8. The molecule has 3 aromatic rings. The van der Waals surface area contributed by atoms with Gasteiger partial charge in [-0.2, -0.15) is 4.98 Å². The van der Waals surface area contributed by atoms with Gasteiger partial charge in [0.25, 0.3) is 5.89 Å². The molecule has 1 aromatic heterocycles. The van der Waals surface area contributed by atoms with Crippen molar-refractivity contribution in [1.29, 1.82) is 0 Å². The third kappa shape index (κ3) is 10.9. The number of carbonyl (C=O) groups is 1. The minimum atomic E-state index is -0.617. The van der Waals surface area contributed by atoms with Crippen LogP contribution in [-0.4, -0.2) is 69.3 Å². The predicted molar refractivity (Wildman–Crippen MR) is 187 cm³/mol. The van der Waals surface area contributed by atoms with E-state index in [-0.39, 0.29) is 5.54 Å². The molecule has 0 aliphatic carbocycles. The molecule has 8 nitrogen and oxygen atoms in total. The monoisotopic (exact) mass is 651 g/mol. The second-order valence-electron chi connectivity index (χ2n) is 14.8. The Morgan fingerprint density at radius 2 is 1.63 bits per heavy atom. The Morgan fingerprint density at radius 1 is 1.00 bits per heavy atom. The van der Waals surface area contributed by atoms with Crippen molar-refractivity contribution in [3.63, 3.8) is 0 Å². The van der Waals surface area contributed by atoms with Crippen molar-refractivity contribution in [2.45, 2.75) is 98.1 Å². The van der Waals surface area contributed by atoms with Crippen molar-refractivity contribution >= 4 is 17.6 Å². The molecule has 3 heterocycles. The Morgan fingerprint density at radius 3 is 2.22 bits per heavy atom. The Labute approximate surface area is 280 Å². The first-order valence-corrected chi connectivity index (χ1v) is 17.4. The van der Waals surface area contributed by atoms with Crippen molar-refractivity contribution in [1.82, 2.24) is 19.9 Å². The molecule has 0 radical (unpaired) electrons. The van der Waals surface area contributed by atoms with Gasteiger partial charge in [0, 0.05) is 28.2 Å². The van der Waals surface area contributed by atoms with E-state index in [1.807, 2.05) is 51.1 Å². The van der Waals surface area contributed by atoms with E-state index < -0.39 is 11.4 Å². The van der Waals surface area contributed by atoms with Crippen LogP contribution in [0.25, 0.3) is 22.8 Å².